The van der Waals surface area contributed by atoms with Gasteiger partial charge < -0.3 is 15.2 Å². The number of aliphatic hydroxyl groups is 1. The first-order chi connectivity index (χ1) is 12.4. The quantitative estimate of drug-likeness (QED) is 0.828. The molecule has 1 aliphatic heterocycles. The average molecular weight is 357 g/mol. The van der Waals surface area contributed by atoms with Crippen molar-refractivity contribution in [3.05, 3.63) is 30.5 Å². The Balaban J connectivity index is 1.72. The zero-order chi connectivity index (χ0) is 18.7. The van der Waals surface area contributed by atoms with E-state index in [1.165, 1.54) is 12.8 Å². The van der Waals surface area contributed by atoms with Gasteiger partial charge in [0.1, 0.15) is 5.75 Å². The number of likely N-dealkylation sites (tertiary alicyclic amines) is 1. The van der Waals surface area contributed by atoms with E-state index in [9.17, 15) is 5.11 Å². The summed E-state index contributed by atoms with van der Waals surface area (Å²) in [5.74, 6) is 1.46. The molecule has 1 aromatic carbocycles. The summed E-state index contributed by atoms with van der Waals surface area (Å²) in [6.07, 6.45) is 4.27. The van der Waals surface area contributed by atoms with Crippen LogP contribution in [0.2, 0.25) is 0 Å². The van der Waals surface area contributed by atoms with Gasteiger partial charge in [-0.3, -0.25) is 9.88 Å². The lowest BCUT2D eigenvalue weighted by molar-refractivity contribution is -0.00234. The molecule has 0 spiro atoms. The van der Waals surface area contributed by atoms with Crippen LogP contribution in [0.3, 0.4) is 0 Å². The highest BCUT2D eigenvalue weighted by molar-refractivity contribution is 5.91. The Labute approximate surface area is 156 Å². The van der Waals surface area contributed by atoms with Gasteiger partial charge in [0.05, 0.1) is 23.9 Å². The molecule has 0 bridgehead atoms. The van der Waals surface area contributed by atoms with Crippen molar-refractivity contribution in [1.29, 1.82) is 0 Å². The number of fused-ring (bicyclic) bond motifs is 1. The number of aromatic nitrogens is 1. The van der Waals surface area contributed by atoms with Gasteiger partial charge in [-0.1, -0.05) is 13.0 Å². The van der Waals surface area contributed by atoms with E-state index >= 15 is 0 Å². The second-order valence-electron chi connectivity index (χ2n) is 7.93. The predicted molar refractivity (Wildman–Crippen MR) is 107 cm³/mol. The number of anilines is 1. The van der Waals surface area contributed by atoms with E-state index < -0.39 is 5.60 Å². The van der Waals surface area contributed by atoms with Crippen LogP contribution in [0.4, 0.5) is 5.69 Å². The van der Waals surface area contributed by atoms with Gasteiger partial charge in [0.15, 0.2) is 0 Å². The zero-order valence-electron chi connectivity index (χ0n) is 16.3. The first kappa shape index (κ1) is 18.9. The molecule has 3 rings (SSSR count). The molecule has 1 aliphatic rings. The largest absolute Gasteiger partial charge is 0.497 e. The molecule has 0 saturated carbocycles. The fraction of sp³-hybridized carbons (Fsp3) is 0.571. The van der Waals surface area contributed by atoms with Crippen molar-refractivity contribution in [2.45, 2.75) is 45.3 Å². The molecule has 2 N–H and O–H groups in total. The number of ether oxygens (including phenoxy) is 1. The maximum Gasteiger partial charge on any atom is 0.121 e. The number of hydrogen-bond donors (Lipinski definition) is 2. The van der Waals surface area contributed by atoms with Crippen molar-refractivity contribution in [2.75, 3.05) is 32.1 Å². The van der Waals surface area contributed by atoms with Gasteiger partial charge in [0.2, 0.25) is 0 Å². The van der Waals surface area contributed by atoms with Gasteiger partial charge in [0, 0.05) is 36.8 Å². The molecule has 3 atom stereocenters. The van der Waals surface area contributed by atoms with E-state index in [1.807, 2.05) is 31.2 Å². The van der Waals surface area contributed by atoms with Crippen LogP contribution in [0.25, 0.3) is 10.9 Å². The lowest BCUT2D eigenvalue weighted by Crippen LogP contribution is -2.52. The molecule has 2 aromatic rings. The van der Waals surface area contributed by atoms with Gasteiger partial charge >= 0.3 is 0 Å². The third-order valence-corrected chi connectivity index (χ3v) is 5.62. The van der Waals surface area contributed by atoms with Crippen molar-refractivity contribution in [3.8, 4) is 5.75 Å². The molecular formula is C21H31N3O2. The minimum atomic E-state index is -0.824. The van der Waals surface area contributed by atoms with Crippen LogP contribution in [0.5, 0.6) is 5.75 Å². The fourth-order valence-electron chi connectivity index (χ4n) is 3.84. The van der Waals surface area contributed by atoms with Crippen molar-refractivity contribution in [1.82, 2.24) is 9.88 Å². The van der Waals surface area contributed by atoms with E-state index in [1.54, 1.807) is 13.3 Å². The SMILES string of the molecule is COc1cc(NC[C@@](C)(O)CN2CCC[C@H](C)[C@H]2C)c2ncccc2c1. The Bertz CT molecular complexity index is 747. The minimum absolute atomic E-state index is 0.462. The lowest BCUT2D eigenvalue weighted by Gasteiger charge is -2.41. The Morgan fingerprint density at radius 1 is 1.38 bits per heavy atom. The molecule has 0 unspecified atom stereocenters. The molecule has 5 heteroatoms. The number of piperidine rings is 1. The standard InChI is InChI=1S/C21H31N3O2/c1-15-7-6-10-24(16(15)2)14-21(3,25)13-23-19-12-18(26-4)11-17-8-5-9-22-20(17)19/h5,8-9,11-12,15-16,23,25H,6-7,10,13-14H2,1-4H3/t15-,16+,21+/m0/s1. The highest BCUT2D eigenvalue weighted by Gasteiger charge is 2.31. The summed E-state index contributed by atoms with van der Waals surface area (Å²) in [4.78, 5) is 6.90. The average Bonchev–Trinajstić information content (AvgIpc) is 2.63. The summed E-state index contributed by atoms with van der Waals surface area (Å²) in [7, 11) is 1.66. The second-order valence-corrected chi connectivity index (χ2v) is 7.93. The van der Waals surface area contributed by atoms with Crippen LogP contribution in [0.15, 0.2) is 30.5 Å². The fourth-order valence-corrected chi connectivity index (χ4v) is 3.84. The highest BCUT2D eigenvalue weighted by Crippen LogP contribution is 2.29. The third kappa shape index (κ3) is 4.27. The van der Waals surface area contributed by atoms with Crippen LogP contribution in [-0.2, 0) is 0 Å². The molecule has 0 amide bonds. The van der Waals surface area contributed by atoms with E-state index in [2.05, 4.69) is 29.0 Å². The number of nitrogens with zero attached hydrogens (tertiary/aromatic N) is 2. The minimum Gasteiger partial charge on any atom is -0.497 e. The van der Waals surface area contributed by atoms with Gasteiger partial charge in [-0.15, -0.1) is 0 Å². The maximum atomic E-state index is 11.0. The number of hydrogen-bond acceptors (Lipinski definition) is 5. The van der Waals surface area contributed by atoms with E-state index in [-0.39, 0.29) is 0 Å². The number of benzene rings is 1. The molecule has 1 fully saturated rings. The van der Waals surface area contributed by atoms with Crippen molar-refractivity contribution in [2.24, 2.45) is 5.92 Å². The summed E-state index contributed by atoms with van der Waals surface area (Å²) in [5.41, 5.74) is 0.958. The van der Waals surface area contributed by atoms with Crippen LogP contribution < -0.4 is 10.1 Å². The zero-order valence-corrected chi connectivity index (χ0v) is 16.3. The normalized spacial score (nSPS) is 23.6. The van der Waals surface area contributed by atoms with Gasteiger partial charge in [-0.05, 0) is 51.3 Å². The van der Waals surface area contributed by atoms with Crippen LogP contribution in [0.1, 0.15) is 33.6 Å². The Morgan fingerprint density at radius 2 is 2.19 bits per heavy atom. The number of β-amino-alcohol motifs (C(OH)–C–C–N with tert-alkyl or cyclic N) is 1. The molecule has 2 heterocycles. The highest BCUT2D eigenvalue weighted by atomic mass is 16.5. The number of nitrogens with one attached hydrogen (secondary N) is 1. The Hall–Kier alpha value is -1.85. The number of pyridine rings is 1. The molecular weight excluding hydrogens is 326 g/mol. The molecule has 1 aromatic heterocycles. The topological polar surface area (TPSA) is 57.6 Å². The van der Waals surface area contributed by atoms with E-state index in [4.69, 9.17) is 4.74 Å². The first-order valence-corrected chi connectivity index (χ1v) is 9.53. The summed E-state index contributed by atoms with van der Waals surface area (Å²) >= 11 is 0. The van der Waals surface area contributed by atoms with Gasteiger partial charge in [-0.2, -0.15) is 0 Å². The van der Waals surface area contributed by atoms with Crippen LogP contribution in [-0.4, -0.2) is 53.4 Å². The molecule has 0 aliphatic carbocycles. The molecule has 5 nitrogen and oxygen atoms in total. The third-order valence-electron chi connectivity index (χ3n) is 5.62. The Kier molecular flexibility index (Phi) is 5.68. The molecule has 26 heavy (non-hydrogen) atoms. The molecule has 0 radical (unpaired) electrons. The summed E-state index contributed by atoms with van der Waals surface area (Å²) in [6, 6.07) is 8.36. The van der Waals surface area contributed by atoms with Gasteiger partial charge in [0.25, 0.3) is 0 Å². The molecule has 1 saturated heterocycles. The van der Waals surface area contributed by atoms with Crippen LogP contribution in [0, 0.1) is 5.92 Å². The maximum absolute atomic E-state index is 11.0. The lowest BCUT2D eigenvalue weighted by atomic mass is 9.90. The summed E-state index contributed by atoms with van der Waals surface area (Å²) in [6.45, 7) is 8.67. The van der Waals surface area contributed by atoms with Crippen LogP contribution >= 0.6 is 0 Å². The second kappa shape index (κ2) is 7.80. The van der Waals surface area contributed by atoms with Crippen molar-refractivity contribution in [3.63, 3.8) is 0 Å². The number of rotatable bonds is 6. The van der Waals surface area contributed by atoms with E-state index in [0.29, 0.717) is 25.0 Å². The summed E-state index contributed by atoms with van der Waals surface area (Å²) in [5, 5.41) is 15.4. The Morgan fingerprint density at radius 3 is 2.96 bits per heavy atom. The summed E-state index contributed by atoms with van der Waals surface area (Å²) < 4.78 is 5.40. The first-order valence-electron chi connectivity index (χ1n) is 9.53. The number of methoxy groups -OCH3 is 1. The smallest absolute Gasteiger partial charge is 0.121 e. The van der Waals surface area contributed by atoms with E-state index in [0.717, 1.165) is 28.9 Å². The monoisotopic (exact) mass is 357 g/mol. The predicted octanol–water partition coefficient (Wildman–Crippen LogP) is 3.53. The molecule has 142 valence electrons. The van der Waals surface area contributed by atoms with Gasteiger partial charge in [-0.25, -0.2) is 0 Å². The van der Waals surface area contributed by atoms with Crippen molar-refractivity contribution < 1.29 is 9.84 Å². The van der Waals surface area contributed by atoms with Crippen molar-refractivity contribution >= 4 is 16.6 Å².